The summed E-state index contributed by atoms with van der Waals surface area (Å²) < 4.78 is 7.31. The molecule has 3 aromatic heterocycles. The Morgan fingerprint density at radius 2 is 2.00 bits per heavy atom. The molecule has 0 aliphatic heterocycles. The zero-order valence-electron chi connectivity index (χ0n) is 15.7. The molecule has 0 atom stereocenters. The monoisotopic (exact) mass is 392 g/mol. The van der Waals surface area contributed by atoms with E-state index in [4.69, 9.17) is 4.74 Å². The Morgan fingerprint density at radius 1 is 1.21 bits per heavy atom. The number of rotatable bonds is 6. The number of thiazole rings is 1. The maximum absolute atomic E-state index is 13.2. The standard InChI is InChI=1S/C21H20N4O2S/c1-3-24(12-15-8-10-22-11-9-15)20(26)18-14-28-21-23-17(13-25(18)21)16-6-4-5-7-19(16)27-2/h4-11,13-14H,3,12H2,1-2H3. The largest absolute Gasteiger partial charge is 0.496 e. The van der Waals surface area contributed by atoms with Gasteiger partial charge in [-0.25, -0.2) is 4.98 Å². The van der Waals surface area contributed by atoms with E-state index < -0.39 is 0 Å². The first-order chi connectivity index (χ1) is 13.7. The fraction of sp³-hybridized carbons (Fsp3) is 0.190. The van der Waals surface area contributed by atoms with Crippen LogP contribution in [0.15, 0.2) is 60.4 Å². The van der Waals surface area contributed by atoms with Gasteiger partial charge in [0.05, 0.1) is 12.8 Å². The number of imidazole rings is 1. The molecule has 1 aromatic carbocycles. The number of carbonyl (C=O) groups excluding carboxylic acids is 1. The van der Waals surface area contributed by atoms with E-state index >= 15 is 0 Å². The number of aromatic nitrogens is 3. The van der Waals surface area contributed by atoms with Crippen molar-refractivity contribution in [2.75, 3.05) is 13.7 Å². The molecule has 0 N–H and O–H groups in total. The Labute approximate surface area is 167 Å². The van der Waals surface area contributed by atoms with E-state index in [2.05, 4.69) is 9.97 Å². The summed E-state index contributed by atoms with van der Waals surface area (Å²) in [4.78, 5) is 24.5. The van der Waals surface area contributed by atoms with E-state index in [0.29, 0.717) is 18.8 Å². The fourth-order valence-electron chi connectivity index (χ4n) is 3.12. The summed E-state index contributed by atoms with van der Waals surface area (Å²) in [6, 6.07) is 11.6. The van der Waals surface area contributed by atoms with Crippen LogP contribution >= 0.6 is 11.3 Å². The molecular weight excluding hydrogens is 372 g/mol. The van der Waals surface area contributed by atoms with Gasteiger partial charge >= 0.3 is 0 Å². The van der Waals surface area contributed by atoms with Crippen LogP contribution in [0.2, 0.25) is 0 Å². The molecule has 0 unspecified atom stereocenters. The van der Waals surface area contributed by atoms with Gasteiger partial charge in [-0.1, -0.05) is 12.1 Å². The molecule has 28 heavy (non-hydrogen) atoms. The van der Waals surface area contributed by atoms with Crippen molar-refractivity contribution in [1.29, 1.82) is 0 Å². The van der Waals surface area contributed by atoms with Crippen molar-refractivity contribution in [3.8, 4) is 17.0 Å². The van der Waals surface area contributed by atoms with E-state index in [1.807, 2.05) is 64.2 Å². The minimum Gasteiger partial charge on any atom is -0.496 e. The third-order valence-electron chi connectivity index (χ3n) is 4.60. The van der Waals surface area contributed by atoms with E-state index in [9.17, 15) is 4.79 Å². The maximum Gasteiger partial charge on any atom is 0.272 e. The first-order valence-corrected chi connectivity index (χ1v) is 9.87. The summed E-state index contributed by atoms with van der Waals surface area (Å²) in [7, 11) is 1.64. The average molecular weight is 392 g/mol. The van der Waals surface area contributed by atoms with Crippen molar-refractivity contribution < 1.29 is 9.53 Å². The van der Waals surface area contributed by atoms with Gasteiger partial charge in [0.1, 0.15) is 11.4 Å². The van der Waals surface area contributed by atoms with Gasteiger partial charge in [0.25, 0.3) is 5.91 Å². The summed E-state index contributed by atoms with van der Waals surface area (Å²) in [6.07, 6.45) is 5.38. The second-order valence-corrected chi connectivity index (χ2v) is 7.11. The topological polar surface area (TPSA) is 59.7 Å². The number of pyridine rings is 1. The fourth-order valence-corrected chi connectivity index (χ4v) is 3.97. The van der Waals surface area contributed by atoms with E-state index in [1.165, 1.54) is 11.3 Å². The highest BCUT2D eigenvalue weighted by atomic mass is 32.1. The lowest BCUT2D eigenvalue weighted by atomic mass is 10.1. The normalized spacial score (nSPS) is 10.9. The summed E-state index contributed by atoms with van der Waals surface area (Å²) in [5, 5.41) is 1.87. The van der Waals surface area contributed by atoms with Crippen molar-refractivity contribution in [2.24, 2.45) is 0 Å². The van der Waals surface area contributed by atoms with Crippen LogP contribution in [0.4, 0.5) is 0 Å². The lowest BCUT2D eigenvalue weighted by Gasteiger charge is -2.20. The first-order valence-electron chi connectivity index (χ1n) is 8.99. The highest BCUT2D eigenvalue weighted by Crippen LogP contribution is 2.31. The average Bonchev–Trinajstić information content (AvgIpc) is 3.33. The molecule has 0 saturated heterocycles. The molecule has 3 heterocycles. The lowest BCUT2D eigenvalue weighted by molar-refractivity contribution is 0.0746. The lowest BCUT2D eigenvalue weighted by Crippen LogP contribution is -2.31. The summed E-state index contributed by atoms with van der Waals surface area (Å²) >= 11 is 1.46. The van der Waals surface area contributed by atoms with E-state index in [-0.39, 0.29) is 5.91 Å². The van der Waals surface area contributed by atoms with Crippen LogP contribution in [0, 0.1) is 0 Å². The van der Waals surface area contributed by atoms with Crippen LogP contribution in [-0.4, -0.2) is 38.8 Å². The molecule has 0 bridgehead atoms. The summed E-state index contributed by atoms with van der Waals surface area (Å²) in [5.74, 6) is 0.739. The van der Waals surface area contributed by atoms with Gasteiger partial charge < -0.3 is 9.64 Å². The molecule has 7 heteroatoms. The molecule has 6 nitrogen and oxygen atoms in total. The number of fused-ring (bicyclic) bond motifs is 1. The minimum absolute atomic E-state index is 0.0189. The number of carbonyl (C=O) groups is 1. The molecule has 142 valence electrons. The molecule has 0 fully saturated rings. The maximum atomic E-state index is 13.2. The van der Waals surface area contributed by atoms with Gasteiger partial charge in [-0.3, -0.25) is 14.2 Å². The van der Waals surface area contributed by atoms with Crippen LogP contribution < -0.4 is 4.74 Å². The van der Waals surface area contributed by atoms with Gasteiger partial charge in [-0.2, -0.15) is 0 Å². The number of hydrogen-bond donors (Lipinski definition) is 0. The Hall–Kier alpha value is -3.19. The molecular formula is C21H20N4O2S. The van der Waals surface area contributed by atoms with Crippen LogP contribution in [0.25, 0.3) is 16.2 Å². The number of amides is 1. The van der Waals surface area contributed by atoms with Crippen LogP contribution in [0.3, 0.4) is 0 Å². The Kier molecular flexibility index (Phi) is 5.08. The minimum atomic E-state index is -0.0189. The zero-order valence-corrected chi connectivity index (χ0v) is 16.5. The van der Waals surface area contributed by atoms with Crippen LogP contribution in [0.1, 0.15) is 23.0 Å². The number of ether oxygens (including phenoxy) is 1. The van der Waals surface area contributed by atoms with Gasteiger partial charge in [-0.15, -0.1) is 11.3 Å². The quantitative estimate of drug-likeness (QED) is 0.495. The predicted octanol–water partition coefficient (Wildman–Crippen LogP) is 4.13. The second-order valence-electron chi connectivity index (χ2n) is 6.27. The Balaban J connectivity index is 1.67. The molecule has 4 rings (SSSR count). The molecule has 0 aliphatic rings. The van der Waals surface area contributed by atoms with Gasteiger partial charge in [-0.05, 0) is 36.8 Å². The van der Waals surface area contributed by atoms with Crippen molar-refractivity contribution in [3.63, 3.8) is 0 Å². The highest BCUT2D eigenvalue weighted by molar-refractivity contribution is 7.15. The molecule has 4 aromatic rings. The number of hydrogen-bond acceptors (Lipinski definition) is 5. The van der Waals surface area contributed by atoms with E-state index in [0.717, 1.165) is 27.5 Å². The van der Waals surface area contributed by atoms with Gasteiger partial charge in [0.2, 0.25) is 0 Å². The Bertz CT molecular complexity index is 1100. The Morgan fingerprint density at radius 3 is 2.75 bits per heavy atom. The second kappa shape index (κ2) is 7.82. The summed E-state index contributed by atoms with van der Waals surface area (Å²) in [6.45, 7) is 3.15. The SMILES string of the molecule is CCN(Cc1ccncc1)C(=O)c1csc2nc(-c3ccccc3OC)cn12. The zero-order chi connectivity index (χ0) is 19.5. The third-order valence-corrected chi connectivity index (χ3v) is 5.44. The van der Waals surface area contributed by atoms with Gasteiger partial charge in [0, 0.05) is 42.6 Å². The number of benzene rings is 1. The van der Waals surface area contributed by atoms with Crippen LogP contribution in [0.5, 0.6) is 5.75 Å². The number of nitrogens with zero attached hydrogens (tertiary/aromatic N) is 4. The van der Waals surface area contributed by atoms with Crippen molar-refractivity contribution >= 4 is 22.2 Å². The molecule has 0 radical (unpaired) electrons. The number of methoxy groups -OCH3 is 1. The van der Waals surface area contributed by atoms with Gasteiger partial charge in [0.15, 0.2) is 4.96 Å². The third kappa shape index (κ3) is 3.36. The molecule has 0 spiro atoms. The molecule has 0 aliphatic carbocycles. The van der Waals surface area contributed by atoms with Crippen molar-refractivity contribution in [3.05, 3.63) is 71.6 Å². The smallest absolute Gasteiger partial charge is 0.272 e. The predicted molar refractivity (Wildman–Crippen MR) is 110 cm³/mol. The molecule has 1 amide bonds. The highest BCUT2D eigenvalue weighted by Gasteiger charge is 2.21. The number of para-hydroxylation sites is 1. The van der Waals surface area contributed by atoms with Crippen LogP contribution in [-0.2, 0) is 6.54 Å². The van der Waals surface area contributed by atoms with E-state index in [1.54, 1.807) is 19.5 Å². The first kappa shape index (κ1) is 18.2. The van der Waals surface area contributed by atoms with Crippen molar-refractivity contribution in [2.45, 2.75) is 13.5 Å². The van der Waals surface area contributed by atoms with Crippen molar-refractivity contribution in [1.82, 2.24) is 19.3 Å². The summed E-state index contributed by atoms with van der Waals surface area (Å²) in [5.41, 5.74) is 3.36. The molecule has 0 saturated carbocycles.